The second kappa shape index (κ2) is 5.14. The van der Waals surface area contributed by atoms with E-state index >= 15 is 0 Å². The van der Waals surface area contributed by atoms with Crippen molar-refractivity contribution in [1.29, 1.82) is 0 Å². The minimum absolute atomic E-state index is 0.110. The second-order valence-electron chi connectivity index (χ2n) is 4.47. The zero-order chi connectivity index (χ0) is 13.2. The summed E-state index contributed by atoms with van der Waals surface area (Å²) in [5, 5.41) is 3.15. The molecule has 6 heteroatoms. The lowest BCUT2D eigenvalue weighted by Gasteiger charge is -2.23. The van der Waals surface area contributed by atoms with Gasteiger partial charge in [-0.15, -0.1) is 0 Å². The van der Waals surface area contributed by atoms with Crippen LogP contribution >= 0.6 is 0 Å². The summed E-state index contributed by atoms with van der Waals surface area (Å²) in [7, 11) is 0. The average Bonchev–Trinajstić information content (AvgIpc) is 2.32. The highest BCUT2D eigenvalue weighted by atomic mass is 19.3. The highest BCUT2D eigenvalue weighted by molar-refractivity contribution is 5.23. The maximum absolute atomic E-state index is 13.6. The Bertz CT molecular complexity index is 414. The molecule has 1 aromatic heterocycles. The van der Waals surface area contributed by atoms with Crippen molar-refractivity contribution in [3.63, 3.8) is 0 Å². The first-order chi connectivity index (χ1) is 8.47. The Kier molecular flexibility index (Phi) is 3.75. The van der Waals surface area contributed by atoms with Crippen LogP contribution in [0.15, 0.2) is 12.3 Å². The lowest BCUT2D eigenvalue weighted by atomic mass is 10.1. The van der Waals surface area contributed by atoms with E-state index in [0.717, 1.165) is 38.2 Å². The van der Waals surface area contributed by atoms with Gasteiger partial charge in [0.15, 0.2) is 5.82 Å². The van der Waals surface area contributed by atoms with Gasteiger partial charge in [0.2, 0.25) is 0 Å². The Morgan fingerprint density at radius 2 is 2.06 bits per heavy atom. The average molecular weight is 260 g/mol. The van der Waals surface area contributed by atoms with E-state index in [4.69, 9.17) is 4.74 Å². The molecule has 1 fully saturated rings. The van der Waals surface area contributed by atoms with Crippen LogP contribution in [-0.2, 0) is 5.92 Å². The molecule has 1 aromatic rings. The molecule has 0 spiro atoms. The Hall–Kier alpha value is -1.30. The van der Waals surface area contributed by atoms with Crippen LogP contribution in [0.3, 0.4) is 0 Å². The SMILES string of the molecule is CC(F)(F)c1cnc(OC2CCNCC2)c(F)c1. The summed E-state index contributed by atoms with van der Waals surface area (Å²) >= 11 is 0. The molecule has 100 valence electrons. The van der Waals surface area contributed by atoms with E-state index < -0.39 is 17.3 Å². The van der Waals surface area contributed by atoms with Crippen molar-refractivity contribution in [2.45, 2.75) is 31.8 Å². The fraction of sp³-hybridized carbons (Fsp3) is 0.583. The molecule has 0 aliphatic carbocycles. The van der Waals surface area contributed by atoms with E-state index in [9.17, 15) is 13.2 Å². The Labute approximate surface area is 103 Å². The van der Waals surface area contributed by atoms with Gasteiger partial charge in [0.05, 0.1) is 0 Å². The number of pyridine rings is 1. The largest absolute Gasteiger partial charge is 0.472 e. The molecule has 0 bridgehead atoms. The Morgan fingerprint density at radius 1 is 1.39 bits per heavy atom. The number of piperidine rings is 1. The lowest BCUT2D eigenvalue weighted by molar-refractivity contribution is 0.0165. The van der Waals surface area contributed by atoms with Gasteiger partial charge in [-0.25, -0.2) is 18.2 Å². The van der Waals surface area contributed by atoms with E-state index in [1.165, 1.54) is 0 Å². The maximum atomic E-state index is 13.6. The number of alkyl halides is 2. The zero-order valence-corrected chi connectivity index (χ0v) is 10.0. The monoisotopic (exact) mass is 260 g/mol. The van der Waals surface area contributed by atoms with Crippen LogP contribution in [0.25, 0.3) is 0 Å². The molecule has 0 amide bonds. The number of nitrogens with zero attached hydrogens (tertiary/aromatic N) is 1. The van der Waals surface area contributed by atoms with Gasteiger partial charge in [0, 0.05) is 18.7 Å². The number of halogens is 3. The first-order valence-electron chi connectivity index (χ1n) is 5.88. The highest BCUT2D eigenvalue weighted by Gasteiger charge is 2.27. The number of hydrogen-bond acceptors (Lipinski definition) is 3. The molecule has 18 heavy (non-hydrogen) atoms. The summed E-state index contributed by atoms with van der Waals surface area (Å²) in [5.41, 5.74) is -0.447. The molecule has 1 aliphatic rings. The number of nitrogens with one attached hydrogen (secondary N) is 1. The van der Waals surface area contributed by atoms with Crippen molar-refractivity contribution < 1.29 is 17.9 Å². The summed E-state index contributed by atoms with van der Waals surface area (Å²) in [5.74, 6) is -4.14. The number of ether oxygens (including phenoxy) is 1. The van der Waals surface area contributed by atoms with Crippen LogP contribution in [0.1, 0.15) is 25.3 Å². The molecule has 1 saturated heterocycles. The maximum Gasteiger partial charge on any atom is 0.272 e. The van der Waals surface area contributed by atoms with Crippen molar-refractivity contribution in [2.75, 3.05) is 13.1 Å². The molecule has 2 heterocycles. The smallest absolute Gasteiger partial charge is 0.272 e. The molecular weight excluding hydrogens is 245 g/mol. The molecule has 0 saturated carbocycles. The predicted molar refractivity (Wildman–Crippen MR) is 60.3 cm³/mol. The van der Waals surface area contributed by atoms with Crippen LogP contribution in [0.2, 0.25) is 0 Å². The minimum Gasteiger partial charge on any atom is -0.472 e. The van der Waals surface area contributed by atoms with Gasteiger partial charge in [0.1, 0.15) is 6.10 Å². The van der Waals surface area contributed by atoms with Gasteiger partial charge in [-0.05, 0) is 32.0 Å². The third-order valence-electron chi connectivity index (χ3n) is 2.88. The minimum atomic E-state index is -3.10. The molecule has 3 nitrogen and oxygen atoms in total. The summed E-state index contributed by atoms with van der Waals surface area (Å²) in [6.45, 7) is 2.31. The first-order valence-corrected chi connectivity index (χ1v) is 5.88. The lowest BCUT2D eigenvalue weighted by Crippen LogP contribution is -2.34. The molecule has 0 atom stereocenters. The van der Waals surface area contributed by atoms with Crippen molar-refractivity contribution in [1.82, 2.24) is 10.3 Å². The van der Waals surface area contributed by atoms with E-state index in [-0.39, 0.29) is 12.0 Å². The van der Waals surface area contributed by atoms with Crippen molar-refractivity contribution >= 4 is 0 Å². The topological polar surface area (TPSA) is 34.1 Å². The fourth-order valence-electron chi connectivity index (χ4n) is 1.82. The zero-order valence-electron chi connectivity index (χ0n) is 10.0. The van der Waals surface area contributed by atoms with Crippen molar-refractivity contribution in [3.05, 3.63) is 23.6 Å². The summed E-state index contributed by atoms with van der Waals surface area (Å²) < 4.78 is 44.9. The molecule has 0 radical (unpaired) electrons. The molecule has 1 aliphatic heterocycles. The summed E-state index contributed by atoms with van der Waals surface area (Å²) in [6.07, 6.45) is 2.36. The van der Waals surface area contributed by atoms with Crippen molar-refractivity contribution in [3.8, 4) is 5.88 Å². The molecular formula is C12H15F3N2O. The van der Waals surface area contributed by atoms with Crippen LogP contribution < -0.4 is 10.1 Å². The number of hydrogen-bond donors (Lipinski definition) is 1. The van der Waals surface area contributed by atoms with Gasteiger partial charge < -0.3 is 10.1 Å². The Morgan fingerprint density at radius 3 is 2.61 bits per heavy atom. The van der Waals surface area contributed by atoms with Crippen LogP contribution in [0, 0.1) is 5.82 Å². The second-order valence-corrected chi connectivity index (χ2v) is 4.47. The molecule has 0 aromatic carbocycles. The molecule has 0 unspecified atom stereocenters. The van der Waals surface area contributed by atoms with Crippen LogP contribution in [-0.4, -0.2) is 24.2 Å². The Balaban J connectivity index is 2.09. The number of rotatable bonds is 3. The van der Waals surface area contributed by atoms with E-state index in [0.29, 0.717) is 6.92 Å². The quantitative estimate of drug-likeness (QED) is 0.906. The van der Waals surface area contributed by atoms with Gasteiger partial charge in [-0.1, -0.05) is 0 Å². The van der Waals surface area contributed by atoms with Gasteiger partial charge >= 0.3 is 0 Å². The van der Waals surface area contributed by atoms with Gasteiger partial charge in [-0.3, -0.25) is 0 Å². The van der Waals surface area contributed by atoms with Crippen LogP contribution in [0.4, 0.5) is 13.2 Å². The molecule has 2 rings (SSSR count). The predicted octanol–water partition coefficient (Wildman–Crippen LogP) is 2.46. The van der Waals surface area contributed by atoms with Gasteiger partial charge in [0.25, 0.3) is 11.8 Å². The fourth-order valence-corrected chi connectivity index (χ4v) is 1.82. The first kappa shape index (κ1) is 13.1. The number of aromatic nitrogens is 1. The van der Waals surface area contributed by atoms with E-state index in [2.05, 4.69) is 10.3 Å². The van der Waals surface area contributed by atoms with E-state index in [1.807, 2.05) is 0 Å². The normalized spacial score (nSPS) is 17.8. The highest BCUT2D eigenvalue weighted by Crippen LogP contribution is 2.29. The summed E-state index contributed by atoms with van der Waals surface area (Å²) in [6, 6.07) is 0.781. The molecule has 1 N–H and O–H groups in total. The standard InChI is InChI=1S/C12H15F3N2O/c1-12(14,15)8-6-10(13)11(17-7-8)18-9-2-4-16-5-3-9/h6-7,9,16H,2-5H2,1H3. The third kappa shape index (κ3) is 3.13. The third-order valence-corrected chi connectivity index (χ3v) is 2.88. The van der Waals surface area contributed by atoms with Gasteiger partial charge in [-0.2, -0.15) is 0 Å². The van der Waals surface area contributed by atoms with Crippen molar-refractivity contribution in [2.24, 2.45) is 0 Å². The van der Waals surface area contributed by atoms with Crippen LogP contribution in [0.5, 0.6) is 5.88 Å². The van der Waals surface area contributed by atoms with E-state index in [1.54, 1.807) is 0 Å². The summed E-state index contributed by atoms with van der Waals surface area (Å²) in [4.78, 5) is 3.64.